The molecule has 1 atom stereocenters. The van der Waals surface area contributed by atoms with Gasteiger partial charge in [-0.2, -0.15) is 0 Å². The first-order valence-corrected chi connectivity index (χ1v) is 11.3. The van der Waals surface area contributed by atoms with Gasteiger partial charge in [0, 0.05) is 23.3 Å². The zero-order chi connectivity index (χ0) is 23.7. The SMILES string of the molecule is Cc1cc2cc(C(=O)N(Cc3cc4c(cn3)OCCC4)[C@H](C)c3ncccn3)ccc2nc1N. The minimum Gasteiger partial charge on any atom is -0.492 e. The van der Waals surface area contributed by atoms with Crippen molar-refractivity contribution in [2.75, 3.05) is 12.3 Å². The Balaban J connectivity index is 1.51. The molecule has 5 rings (SSSR count). The zero-order valence-electron chi connectivity index (χ0n) is 19.2. The molecule has 2 N–H and O–H groups in total. The Morgan fingerprint density at radius 1 is 1.18 bits per heavy atom. The van der Waals surface area contributed by atoms with Gasteiger partial charge in [-0.05, 0) is 74.2 Å². The number of aryl methyl sites for hydroxylation is 2. The summed E-state index contributed by atoms with van der Waals surface area (Å²) in [5.74, 6) is 1.75. The van der Waals surface area contributed by atoms with Gasteiger partial charge in [0.1, 0.15) is 17.4 Å². The number of benzene rings is 1. The summed E-state index contributed by atoms with van der Waals surface area (Å²) in [7, 11) is 0. The van der Waals surface area contributed by atoms with Gasteiger partial charge in [-0.25, -0.2) is 15.0 Å². The second kappa shape index (κ2) is 9.05. The molecule has 1 aliphatic rings. The van der Waals surface area contributed by atoms with E-state index in [1.165, 1.54) is 0 Å². The highest BCUT2D eigenvalue weighted by atomic mass is 16.5. The first-order chi connectivity index (χ1) is 16.5. The average molecular weight is 455 g/mol. The molecule has 0 saturated carbocycles. The lowest BCUT2D eigenvalue weighted by atomic mass is 10.1. The summed E-state index contributed by atoms with van der Waals surface area (Å²) in [5, 5.41) is 0.866. The molecule has 8 nitrogen and oxygen atoms in total. The van der Waals surface area contributed by atoms with Crippen molar-refractivity contribution in [1.82, 2.24) is 24.8 Å². The number of anilines is 1. The molecule has 0 fully saturated rings. The number of pyridine rings is 2. The van der Waals surface area contributed by atoms with Gasteiger partial charge in [0.05, 0.1) is 36.6 Å². The maximum Gasteiger partial charge on any atom is 0.254 e. The summed E-state index contributed by atoms with van der Waals surface area (Å²) >= 11 is 0. The quantitative estimate of drug-likeness (QED) is 0.485. The van der Waals surface area contributed by atoms with Crippen LogP contribution in [0.4, 0.5) is 5.82 Å². The zero-order valence-corrected chi connectivity index (χ0v) is 19.2. The standard InChI is InChI=1S/C26H26N6O2/c1-16-11-20-12-19(6-7-22(20)31-24(16)27)26(33)32(17(2)25-28-8-4-9-29-25)15-21-13-18-5-3-10-34-23(18)14-30-21/h4,6-9,11-14,17H,3,5,10,15H2,1-2H3,(H2,27,31)/t17-/m1/s1. The fraction of sp³-hybridized carbons (Fsp3) is 0.269. The molecule has 8 heteroatoms. The summed E-state index contributed by atoms with van der Waals surface area (Å²) in [6.45, 7) is 4.87. The third-order valence-corrected chi connectivity index (χ3v) is 6.16. The molecule has 3 aromatic heterocycles. The molecule has 1 amide bonds. The van der Waals surface area contributed by atoms with E-state index >= 15 is 0 Å². The fourth-order valence-corrected chi connectivity index (χ4v) is 4.21. The number of hydrogen-bond donors (Lipinski definition) is 1. The third kappa shape index (κ3) is 4.26. The summed E-state index contributed by atoms with van der Waals surface area (Å²) < 4.78 is 5.70. The van der Waals surface area contributed by atoms with Crippen molar-refractivity contribution in [3.8, 4) is 5.75 Å². The Hall–Kier alpha value is -4.07. The summed E-state index contributed by atoms with van der Waals surface area (Å²) in [4.78, 5) is 33.4. The van der Waals surface area contributed by atoms with Crippen molar-refractivity contribution < 1.29 is 9.53 Å². The van der Waals surface area contributed by atoms with E-state index in [4.69, 9.17) is 10.5 Å². The van der Waals surface area contributed by atoms with Crippen molar-refractivity contribution in [2.45, 2.75) is 39.3 Å². The molecule has 34 heavy (non-hydrogen) atoms. The molecule has 0 saturated heterocycles. The van der Waals surface area contributed by atoms with Crippen molar-refractivity contribution in [3.63, 3.8) is 0 Å². The number of nitrogens with zero attached hydrogens (tertiary/aromatic N) is 5. The van der Waals surface area contributed by atoms with E-state index in [-0.39, 0.29) is 11.9 Å². The lowest BCUT2D eigenvalue weighted by Crippen LogP contribution is -2.34. The maximum atomic E-state index is 13.8. The first kappa shape index (κ1) is 21.8. The third-order valence-electron chi connectivity index (χ3n) is 6.16. The normalized spacial score (nSPS) is 13.7. The topological polar surface area (TPSA) is 107 Å². The predicted molar refractivity (Wildman–Crippen MR) is 129 cm³/mol. The van der Waals surface area contributed by atoms with Crippen LogP contribution in [0.25, 0.3) is 10.9 Å². The van der Waals surface area contributed by atoms with Crippen molar-refractivity contribution in [2.24, 2.45) is 0 Å². The molecule has 172 valence electrons. The maximum absolute atomic E-state index is 13.8. The Morgan fingerprint density at radius 3 is 2.82 bits per heavy atom. The molecule has 0 spiro atoms. The van der Waals surface area contributed by atoms with E-state index in [2.05, 4.69) is 19.9 Å². The number of nitrogens with two attached hydrogens (primary N) is 1. The number of amides is 1. The number of carbonyl (C=O) groups excluding carboxylic acids is 1. The number of carbonyl (C=O) groups is 1. The predicted octanol–water partition coefficient (Wildman–Crippen LogP) is 4.04. The molecular weight excluding hydrogens is 428 g/mol. The molecule has 0 radical (unpaired) electrons. The Kier molecular flexibility index (Phi) is 5.79. The highest BCUT2D eigenvalue weighted by Gasteiger charge is 2.26. The Morgan fingerprint density at radius 2 is 2.00 bits per heavy atom. The number of aromatic nitrogens is 4. The van der Waals surface area contributed by atoms with E-state index in [1.54, 1.807) is 35.6 Å². The lowest BCUT2D eigenvalue weighted by molar-refractivity contribution is 0.0663. The van der Waals surface area contributed by atoms with E-state index in [9.17, 15) is 4.79 Å². The minimum absolute atomic E-state index is 0.132. The largest absolute Gasteiger partial charge is 0.492 e. The van der Waals surface area contributed by atoms with Crippen LogP contribution < -0.4 is 10.5 Å². The molecule has 1 aliphatic heterocycles. The highest BCUT2D eigenvalue weighted by molar-refractivity contribution is 5.98. The number of rotatable bonds is 5. The van der Waals surface area contributed by atoms with Gasteiger partial charge in [-0.1, -0.05) is 0 Å². The van der Waals surface area contributed by atoms with Crippen LogP contribution in [-0.4, -0.2) is 37.3 Å². The smallest absolute Gasteiger partial charge is 0.254 e. The summed E-state index contributed by atoms with van der Waals surface area (Å²) in [5.41, 5.74) is 10.1. The summed E-state index contributed by atoms with van der Waals surface area (Å²) in [6.07, 6.45) is 7.04. The second-order valence-electron chi connectivity index (χ2n) is 8.55. The van der Waals surface area contributed by atoms with E-state index < -0.39 is 0 Å². The number of ether oxygens (including phenoxy) is 1. The molecule has 4 aromatic rings. The van der Waals surface area contributed by atoms with Crippen molar-refractivity contribution in [3.05, 3.63) is 83.2 Å². The van der Waals surface area contributed by atoms with Crippen LogP contribution in [0.15, 0.2) is 55.0 Å². The molecule has 1 aromatic carbocycles. The average Bonchev–Trinajstić information content (AvgIpc) is 2.87. The van der Waals surface area contributed by atoms with Crippen LogP contribution in [0.3, 0.4) is 0 Å². The molecular formula is C26H26N6O2. The van der Waals surface area contributed by atoms with Gasteiger partial charge in [-0.3, -0.25) is 9.78 Å². The van der Waals surface area contributed by atoms with Crippen LogP contribution in [-0.2, 0) is 13.0 Å². The minimum atomic E-state index is -0.357. The molecule has 0 unspecified atom stereocenters. The fourth-order valence-electron chi connectivity index (χ4n) is 4.21. The van der Waals surface area contributed by atoms with Crippen LogP contribution in [0, 0.1) is 6.92 Å². The summed E-state index contributed by atoms with van der Waals surface area (Å²) in [6, 6.07) is 10.9. The van der Waals surface area contributed by atoms with E-state index in [0.717, 1.165) is 46.3 Å². The van der Waals surface area contributed by atoms with Crippen LogP contribution in [0.5, 0.6) is 5.75 Å². The number of fused-ring (bicyclic) bond motifs is 2. The van der Waals surface area contributed by atoms with Gasteiger partial charge in [-0.15, -0.1) is 0 Å². The monoisotopic (exact) mass is 454 g/mol. The van der Waals surface area contributed by atoms with Crippen LogP contribution in [0.2, 0.25) is 0 Å². The highest BCUT2D eigenvalue weighted by Crippen LogP contribution is 2.28. The Bertz CT molecular complexity index is 1360. The number of nitrogen functional groups attached to an aromatic ring is 1. The van der Waals surface area contributed by atoms with E-state index in [0.29, 0.717) is 30.4 Å². The van der Waals surface area contributed by atoms with Crippen molar-refractivity contribution >= 4 is 22.6 Å². The van der Waals surface area contributed by atoms with Crippen LogP contribution in [0.1, 0.15) is 52.4 Å². The molecule has 0 aliphatic carbocycles. The lowest BCUT2D eigenvalue weighted by Gasteiger charge is -2.29. The second-order valence-corrected chi connectivity index (χ2v) is 8.55. The number of hydrogen-bond acceptors (Lipinski definition) is 7. The van der Waals surface area contributed by atoms with Gasteiger partial charge in [0.2, 0.25) is 0 Å². The van der Waals surface area contributed by atoms with Gasteiger partial charge in [0.25, 0.3) is 5.91 Å². The first-order valence-electron chi connectivity index (χ1n) is 11.3. The van der Waals surface area contributed by atoms with Gasteiger partial charge < -0.3 is 15.4 Å². The van der Waals surface area contributed by atoms with Gasteiger partial charge >= 0.3 is 0 Å². The Labute approximate surface area is 197 Å². The van der Waals surface area contributed by atoms with Gasteiger partial charge in [0.15, 0.2) is 0 Å². The molecule has 4 heterocycles. The van der Waals surface area contributed by atoms with E-state index in [1.807, 2.05) is 38.1 Å². The van der Waals surface area contributed by atoms with Crippen molar-refractivity contribution in [1.29, 1.82) is 0 Å². The van der Waals surface area contributed by atoms with Crippen LogP contribution >= 0.6 is 0 Å². The molecule has 0 bridgehead atoms.